The SMILES string of the molecule is CCCCCCCCCCCCCCCCCCCCCCC1CC(=O)N(CCNCCNCCNCCN2C(=O)CC(CCCCCCCCCCCCCCCCCC)C2=O)C1=O. The lowest BCUT2D eigenvalue weighted by atomic mass is 9.98. The highest BCUT2D eigenvalue weighted by molar-refractivity contribution is 6.04. The Labute approximate surface area is 402 Å². The number of hydrogen-bond acceptors (Lipinski definition) is 7. The summed E-state index contributed by atoms with van der Waals surface area (Å²) < 4.78 is 0. The number of nitrogens with one attached hydrogen (secondary N) is 3. The van der Waals surface area contributed by atoms with Crippen LogP contribution >= 0.6 is 0 Å². The van der Waals surface area contributed by atoms with Crippen molar-refractivity contribution in [2.45, 2.75) is 271 Å². The van der Waals surface area contributed by atoms with Gasteiger partial charge in [0.05, 0.1) is 0 Å². The van der Waals surface area contributed by atoms with Crippen LogP contribution in [0.1, 0.15) is 271 Å². The molecule has 2 rings (SSSR count). The average molecular weight is 915 g/mol. The van der Waals surface area contributed by atoms with Gasteiger partial charge in [-0.2, -0.15) is 0 Å². The third-order valence-electron chi connectivity index (χ3n) is 14.5. The van der Waals surface area contributed by atoms with E-state index in [-0.39, 0.29) is 35.5 Å². The Kier molecular flexibility index (Phi) is 39.6. The highest BCUT2D eigenvalue weighted by Gasteiger charge is 2.38. The number of rotatable bonds is 50. The minimum Gasteiger partial charge on any atom is -0.314 e. The van der Waals surface area contributed by atoms with Crippen molar-refractivity contribution >= 4 is 23.6 Å². The minimum absolute atomic E-state index is 0.0116. The molecular weight excluding hydrogens is 807 g/mol. The number of amides is 4. The van der Waals surface area contributed by atoms with Crippen molar-refractivity contribution < 1.29 is 19.2 Å². The maximum absolute atomic E-state index is 12.9. The fraction of sp³-hybridized carbons (Fsp3) is 0.929. The zero-order valence-corrected chi connectivity index (χ0v) is 43.1. The second kappa shape index (κ2) is 43.4. The number of likely N-dealkylation sites (tertiary alicyclic amines) is 2. The number of carbonyl (C=O) groups is 4. The van der Waals surface area contributed by atoms with Crippen LogP contribution in [0.25, 0.3) is 0 Å². The molecule has 2 unspecified atom stereocenters. The van der Waals surface area contributed by atoms with Crippen molar-refractivity contribution in [3.63, 3.8) is 0 Å². The standard InChI is InChI=1S/C56H107N5O4/c1-3-5-7-9-11-13-15-17-19-21-22-23-24-26-28-30-32-34-36-38-40-52-50-54(63)61(56(52)65)48-46-59-44-42-57-41-43-58-45-47-60-53(62)49-51(55(60)64)39-37-35-33-31-29-27-25-20-18-16-14-12-10-8-6-4-2/h51-52,57-59H,3-50H2,1-2H3. The zero-order valence-electron chi connectivity index (χ0n) is 43.1. The first-order valence-electron chi connectivity index (χ1n) is 28.8. The average Bonchev–Trinajstić information content (AvgIpc) is 3.73. The third-order valence-corrected chi connectivity index (χ3v) is 14.5. The lowest BCUT2D eigenvalue weighted by molar-refractivity contribution is -0.140. The first kappa shape index (κ1) is 59.3. The van der Waals surface area contributed by atoms with Crippen molar-refractivity contribution in [2.75, 3.05) is 52.4 Å². The second-order valence-corrected chi connectivity index (χ2v) is 20.4. The highest BCUT2D eigenvalue weighted by Crippen LogP contribution is 2.26. The predicted octanol–water partition coefficient (Wildman–Crippen LogP) is 13.4. The van der Waals surface area contributed by atoms with Crippen molar-refractivity contribution in [1.29, 1.82) is 0 Å². The molecule has 9 nitrogen and oxygen atoms in total. The summed E-state index contributed by atoms with van der Waals surface area (Å²) in [5.74, 6) is -0.208. The summed E-state index contributed by atoms with van der Waals surface area (Å²) in [7, 11) is 0. The van der Waals surface area contributed by atoms with Crippen molar-refractivity contribution in [2.24, 2.45) is 11.8 Å². The molecule has 0 saturated carbocycles. The molecule has 0 aromatic heterocycles. The van der Waals surface area contributed by atoms with Crippen molar-refractivity contribution in [3.05, 3.63) is 0 Å². The number of hydrogen-bond donors (Lipinski definition) is 3. The van der Waals surface area contributed by atoms with E-state index >= 15 is 0 Å². The zero-order chi connectivity index (χ0) is 46.7. The topological polar surface area (TPSA) is 111 Å². The van der Waals surface area contributed by atoms with Crippen LogP contribution in [0.2, 0.25) is 0 Å². The molecule has 65 heavy (non-hydrogen) atoms. The Bertz CT molecular complexity index is 1150. The van der Waals surface area contributed by atoms with Gasteiger partial charge in [-0.1, -0.05) is 245 Å². The van der Waals surface area contributed by atoms with E-state index in [2.05, 4.69) is 29.8 Å². The van der Waals surface area contributed by atoms with E-state index in [1.165, 1.54) is 222 Å². The largest absolute Gasteiger partial charge is 0.314 e. The van der Waals surface area contributed by atoms with Crippen molar-refractivity contribution in [1.82, 2.24) is 25.8 Å². The predicted molar refractivity (Wildman–Crippen MR) is 275 cm³/mol. The molecular formula is C56H107N5O4. The quantitative estimate of drug-likeness (QED) is 0.0412. The summed E-state index contributed by atoms with van der Waals surface area (Å²) in [6, 6.07) is 0. The van der Waals surface area contributed by atoms with Crippen LogP contribution in [0.15, 0.2) is 0 Å². The van der Waals surface area contributed by atoms with E-state index in [0.29, 0.717) is 39.0 Å². The minimum atomic E-state index is -0.121. The molecule has 0 spiro atoms. The molecule has 2 aliphatic heterocycles. The Morgan fingerprint density at radius 3 is 0.785 bits per heavy atom. The number of nitrogens with zero attached hydrogens (tertiary/aromatic N) is 2. The molecule has 0 aliphatic carbocycles. The van der Waals surface area contributed by atoms with Crippen LogP contribution in [0.5, 0.6) is 0 Å². The molecule has 0 bridgehead atoms. The summed E-state index contributed by atoms with van der Waals surface area (Å²) in [5, 5.41) is 10.1. The molecule has 0 radical (unpaired) electrons. The van der Waals surface area contributed by atoms with Crippen molar-refractivity contribution in [3.8, 4) is 0 Å². The molecule has 2 aliphatic rings. The lowest BCUT2D eigenvalue weighted by Gasteiger charge is -2.16. The normalized spacial score (nSPS) is 16.6. The maximum atomic E-state index is 12.9. The smallest absolute Gasteiger partial charge is 0.232 e. The van der Waals surface area contributed by atoms with Crippen LogP contribution < -0.4 is 16.0 Å². The van der Waals surface area contributed by atoms with Gasteiger partial charge in [-0.15, -0.1) is 0 Å². The Morgan fingerprint density at radius 2 is 0.538 bits per heavy atom. The van der Waals surface area contributed by atoms with Gasteiger partial charge in [0.15, 0.2) is 0 Å². The fourth-order valence-corrected chi connectivity index (χ4v) is 10.1. The maximum Gasteiger partial charge on any atom is 0.232 e. The van der Waals surface area contributed by atoms with Crippen LogP contribution in [0.3, 0.4) is 0 Å². The molecule has 0 aromatic carbocycles. The van der Waals surface area contributed by atoms with E-state index in [1.54, 1.807) is 0 Å². The van der Waals surface area contributed by atoms with Crippen LogP contribution in [-0.2, 0) is 19.2 Å². The summed E-state index contributed by atoms with van der Waals surface area (Å²) in [6.07, 6.45) is 51.2. The fourth-order valence-electron chi connectivity index (χ4n) is 10.1. The van der Waals surface area contributed by atoms with Gasteiger partial charge in [0, 0.05) is 77.0 Å². The van der Waals surface area contributed by atoms with Gasteiger partial charge in [-0.05, 0) is 12.8 Å². The number of unbranched alkanes of at least 4 members (excludes halogenated alkanes) is 34. The Morgan fingerprint density at radius 1 is 0.323 bits per heavy atom. The summed E-state index contributed by atoms with van der Waals surface area (Å²) in [6.45, 7) is 9.79. The van der Waals surface area contributed by atoms with E-state index in [0.717, 1.165) is 58.3 Å². The third kappa shape index (κ3) is 31.8. The van der Waals surface area contributed by atoms with Crippen LogP contribution in [0.4, 0.5) is 0 Å². The Balaban J connectivity index is 1.32. The molecule has 380 valence electrons. The molecule has 2 atom stereocenters. The van der Waals surface area contributed by atoms with Gasteiger partial charge in [-0.3, -0.25) is 29.0 Å². The molecule has 2 fully saturated rings. The van der Waals surface area contributed by atoms with E-state index < -0.39 is 0 Å². The molecule has 4 amide bonds. The molecule has 9 heteroatoms. The summed E-state index contributed by atoms with van der Waals surface area (Å²) in [4.78, 5) is 54.0. The monoisotopic (exact) mass is 914 g/mol. The van der Waals surface area contributed by atoms with E-state index in [1.807, 2.05) is 0 Å². The van der Waals surface area contributed by atoms with Crippen LogP contribution in [-0.4, -0.2) is 85.8 Å². The molecule has 2 heterocycles. The van der Waals surface area contributed by atoms with Gasteiger partial charge < -0.3 is 16.0 Å². The molecule has 0 aromatic rings. The molecule has 2 saturated heterocycles. The van der Waals surface area contributed by atoms with E-state index in [9.17, 15) is 19.2 Å². The van der Waals surface area contributed by atoms with Gasteiger partial charge in [0.1, 0.15) is 0 Å². The van der Waals surface area contributed by atoms with E-state index in [4.69, 9.17) is 0 Å². The summed E-state index contributed by atoms with van der Waals surface area (Å²) in [5.41, 5.74) is 0. The van der Waals surface area contributed by atoms with Gasteiger partial charge in [-0.25, -0.2) is 0 Å². The number of carbonyl (C=O) groups excluding carboxylic acids is 4. The van der Waals surface area contributed by atoms with Gasteiger partial charge in [0.25, 0.3) is 0 Å². The number of imide groups is 2. The van der Waals surface area contributed by atoms with Gasteiger partial charge >= 0.3 is 0 Å². The Hall–Kier alpha value is -1.84. The van der Waals surface area contributed by atoms with Gasteiger partial charge in [0.2, 0.25) is 23.6 Å². The summed E-state index contributed by atoms with van der Waals surface area (Å²) >= 11 is 0. The lowest BCUT2D eigenvalue weighted by Crippen LogP contribution is -2.40. The first-order valence-corrected chi connectivity index (χ1v) is 28.8. The van der Waals surface area contributed by atoms with Crippen LogP contribution in [0, 0.1) is 11.8 Å². The second-order valence-electron chi connectivity index (χ2n) is 20.4. The highest BCUT2D eigenvalue weighted by atomic mass is 16.2. The first-order chi connectivity index (χ1) is 32.0. The molecule has 3 N–H and O–H groups in total.